The number of likely N-dealkylation sites (N-methyl/N-ethyl adjacent to an activating group) is 1. The molecule has 1 aromatic carbocycles. The average Bonchev–Trinajstić information content (AvgIpc) is 2.25. The van der Waals surface area contributed by atoms with Crippen molar-refractivity contribution in [2.75, 3.05) is 27.2 Å². The lowest BCUT2D eigenvalue weighted by Gasteiger charge is -2.22. The van der Waals surface area contributed by atoms with Gasteiger partial charge in [-0.15, -0.1) is 0 Å². The van der Waals surface area contributed by atoms with E-state index in [-0.39, 0.29) is 0 Å². The van der Waals surface area contributed by atoms with Gasteiger partial charge in [-0.25, -0.2) is 0 Å². The van der Waals surface area contributed by atoms with Crippen LogP contribution in [0.15, 0.2) is 28.7 Å². The first-order valence-electron chi connectivity index (χ1n) is 6.24. The second kappa shape index (κ2) is 7.85. The number of benzene rings is 1. The van der Waals surface area contributed by atoms with E-state index >= 15 is 0 Å². The minimum Gasteiger partial charge on any atom is -0.312 e. The predicted octanol–water partition coefficient (Wildman–Crippen LogP) is 2.92. The Labute approximate surface area is 114 Å². The normalized spacial score (nSPS) is 13.0. The van der Waals surface area contributed by atoms with Crippen molar-refractivity contribution < 1.29 is 0 Å². The number of rotatable bonds is 7. The first-order chi connectivity index (χ1) is 8.11. The standard InChI is InChI=1S/C14H23BrN2/c1-4-8-16-14(11-17(2)3)10-12-6-5-7-13(15)9-12/h5-7,9,14,16H,4,8,10-11H2,1-3H3. The summed E-state index contributed by atoms with van der Waals surface area (Å²) >= 11 is 3.52. The van der Waals surface area contributed by atoms with Gasteiger partial charge in [-0.05, 0) is 51.2 Å². The molecule has 96 valence electrons. The van der Waals surface area contributed by atoms with E-state index in [2.05, 4.69) is 71.4 Å². The van der Waals surface area contributed by atoms with Gasteiger partial charge in [0.15, 0.2) is 0 Å². The van der Waals surface area contributed by atoms with E-state index in [9.17, 15) is 0 Å². The average molecular weight is 299 g/mol. The van der Waals surface area contributed by atoms with Gasteiger partial charge in [-0.2, -0.15) is 0 Å². The highest BCUT2D eigenvalue weighted by Crippen LogP contribution is 2.13. The lowest BCUT2D eigenvalue weighted by atomic mass is 10.1. The summed E-state index contributed by atoms with van der Waals surface area (Å²) in [5.41, 5.74) is 1.38. The number of hydrogen-bond donors (Lipinski definition) is 1. The molecule has 1 N–H and O–H groups in total. The molecule has 0 fully saturated rings. The Morgan fingerprint density at radius 2 is 2.12 bits per heavy atom. The van der Waals surface area contributed by atoms with E-state index < -0.39 is 0 Å². The molecule has 0 aliphatic carbocycles. The number of nitrogens with zero attached hydrogens (tertiary/aromatic N) is 1. The van der Waals surface area contributed by atoms with Crippen molar-refractivity contribution in [2.45, 2.75) is 25.8 Å². The number of halogens is 1. The second-order valence-electron chi connectivity index (χ2n) is 4.75. The Bertz CT molecular complexity index is 326. The molecule has 1 atom stereocenters. The van der Waals surface area contributed by atoms with Gasteiger partial charge in [0.25, 0.3) is 0 Å². The highest BCUT2D eigenvalue weighted by molar-refractivity contribution is 9.10. The van der Waals surface area contributed by atoms with Gasteiger partial charge in [0.1, 0.15) is 0 Å². The Kier molecular flexibility index (Phi) is 6.78. The molecule has 0 amide bonds. The first kappa shape index (κ1) is 14.7. The lowest BCUT2D eigenvalue weighted by molar-refractivity contribution is 0.336. The zero-order chi connectivity index (χ0) is 12.7. The molecule has 0 saturated carbocycles. The molecule has 1 aromatic rings. The molecule has 0 spiro atoms. The summed E-state index contributed by atoms with van der Waals surface area (Å²) in [4.78, 5) is 2.24. The first-order valence-corrected chi connectivity index (χ1v) is 7.03. The fourth-order valence-electron chi connectivity index (χ4n) is 1.94. The third-order valence-electron chi connectivity index (χ3n) is 2.64. The molecule has 0 saturated heterocycles. The molecular weight excluding hydrogens is 276 g/mol. The third-order valence-corrected chi connectivity index (χ3v) is 3.13. The fourth-order valence-corrected chi connectivity index (χ4v) is 2.39. The van der Waals surface area contributed by atoms with Crippen LogP contribution in [0.4, 0.5) is 0 Å². The molecule has 0 radical (unpaired) electrons. The SMILES string of the molecule is CCCNC(Cc1cccc(Br)c1)CN(C)C. The predicted molar refractivity (Wildman–Crippen MR) is 78.5 cm³/mol. The Morgan fingerprint density at radius 1 is 1.35 bits per heavy atom. The monoisotopic (exact) mass is 298 g/mol. The zero-order valence-electron chi connectivity index (χ0n) is 11.0. The fraction of sp³-hybridized carbons (Fsp3) is 0.571. The van der Waals surface area contributed by atoms with E-state index in [0.29, 0.717) is 6.04 Å². The molecule has 0 aliphatic rings. The van der Waals surface area contributed by atoms with Crippen LogP contribution in [0.25, 0.3) is 0 Å². The summed E-state index contributed by atoms with van der Waals surface area (Å²) in [5, 5.41) is 3.61. The van der Waals surface area contributed by atoms with Gasteiger partial charge >= 0.3 is 0 Å². The minimum atomic E-state index is 0.527. The third kappa shape index (κ3) is 6.20. The van der Waals surface area contributed by atoms with Gasteiger partial charge in [0, 0.05) is 17.1 Å². The topological polar surface area (TPSA) is 15.3 Å². The zero-order valence-corrected chi connectivity index (χ0v) is 12.6. The lowest BCUT2D eigenvalue weighted by Crippen LogP contribution is -2.40. The van der Waals surface area contributed by atoms with Crippen molar-refractivity contribution in [1.29, 1.82) is 0 Å². The van der Waals surface area contributed by atoms with Gasteiger partial charge in [0.2, 0.25) is 0 Å². The van der Waals surface area contributed by atoms with E-state index in [1.807, 2.05) is 0 Å². The van der Waals surface area contributed by atoms with Crippen molar-refractivity contribution in [1.82, 2.24) is 10.2 Å². The van der Waals surface area contributed by atoms with Crippen molar-refractivity contribution in [3.8, 4) is 0 Å². The molecule has 0 aliphatic heterocycles. The van der Waals surface area contributed by atoms with E-state index in [1.54, 1.807) is 0 Å². The molecule has 0 bridgehead atoms. The van der Waals surface area contributed by atoms with Crippen LogP contribution < -0.4 is 5.32 Å². The second-order valence-corrected chi connectivity index (χ2v) is 5.66. The van der Waals surface area contributed by atoms with Gasteiger partial charge in [-0.3, -0.25) is 0 Å². The maximum Gasteiger partial charge on any atom is 0.0235 e. The van der Waals surface area contributed by atoms with E-state index in [4.69, 9.17) is 0 Å². The van der Waals surface area contributed by atoms with Crippen LogP contribution in [0, 0.1) is 0 Å². The molecule has 3 heteroatoms. The van der Waals surface area contributed by atoms with Gasteiger partial charge < -0.3 is 10.2 Å². The van der Waals surface area contributed by atoms with Crippen LogP contribution in [0.2, 0.25) is 0 Å². The van der Waals surface area contributed by atoms with Crippen LogP contribution in [-0.4, -0.2) is 38.1 Å². The molecule has 2 nitrogen and oxygen atoms in total. The summed E-state index contributed by atoms with van der Waals surface area (Å²) in [5.74, 6) is 0. The van der Waals surface area contributed by atoms with Crippen LogP contribution in [0.5, 0.6) is 0 Å². The number of hydrogen-bond acceptors (Lipinski definition) is 2. The summed E-state index contributed by atoms with van der Waals surface area (Å²) in [6.07, 6.45) is 2.26. The highest BCUT2D eigenvalue weighted by atomic mass is 79.9. The smallest absolute Gasteiger partial charge is 0.0235 e. The van der Waals surface area contributed by atoms with Gasteiger partial charge in [-0.1, -0.05) is 35.0 Å². The molecule has 1 rings (SSSR count). The Morgan fingerprint density at radius 3 is 2.71 bits per heavy atom. The maximum absolute atomic E-state index is 3.61. The van der Waals surface area contributed by atoms with Crippen molar-refractivity contribution >= 4 is 15.9 Å². The van der Waals surface area contributed by atoms with Crippen LogP contribution in [-0.2, 0) is 6.42 Å². The highest BCUT2D eigenvalue weighted by Gasteiger charge is 2.09. The van der Waals surface area contributed by atoms with Gasteiger partial charge in [0.05, 0.1) is 0 Å². The van der Waals surface area contributed by atoms with Crippen molar-refractivity contribution in [3.63, 3.8) is 0 Å². The summed E-state index contributed by atoms with van der Waals surface area (Å²) in [7, 11) is 4.25. The molecular formula is C14H23BrN2. The van der Waals surface area contributed by atoms with Crippen LogP contribution in [0.1, 0.15) is 18.9 Å². The summed E-state index contributed by atoms with van der Waals surface area (Å²) < 4.78 is 1.16. The van der Waals surface area contributed by atoms with Crippen molar-refractivity contribution in [3.05, 3.63) is 34.3 Å². The Balaban J connectivity index is 2.58. The quantitative estimate of drug-likeness (QED) is 0.833. The molecule has 0 aromatic heterocycles. The van der Waals surface area contributed by atoms with E-state index in [1.165, 1.54) is 12.0 Å². The Hall–Kier alpha value is -0.380. The summed E-state index contributed by atoms with van der Waals surface area (Å²) in [6, 6.07) is 9.10. The largest absolute Gasteiger partial charge is 0.312 e. The molecule has 0 heterocycles. The molecule has 17 heavy (non-hydrogen) atoms. The van der Waals surface area contributed by atoms with Crippen LogP contribution in [0.3, 0.4) is 0 Å². The van der Waals surface area contributed by atoms with Crippen molar-refractivity contribution in [2.24, 2.45) is 0 Å². The van der Waals surface area contributed by atoms with Crippen LogP contribution >= 0.6 is 15.9 Å². The maximum atomic E-state index is 3.61. The minimum absolute atomic E-state index is 0.527. The summed E-state index contributed by atoms with van der Waals surface area (Å²) in [6.45, 7) is 4.37. The molecule has 1 unspecified atom stereocenters. The number of nitrogens with one attached hydrogen (secondary N) is 1. The van der Waals surface area contributed by atoms with E-state index in [0.717, 1.165) is 24.0 Å².